The molecule has 0 spiro atoms. The second kappa shape index (κ2) is 5.20. The maximum Gasteiger partial charge on any atom is 0.230 e. The molecule has 1 aromatic heterocycles. The van der Waals surface area contributed by atoms with Crippen LogP contribution in [0.25, 0.3) is 10.2 Å². The van der Waals surface area contributed by atoms with E-state index >= 15 is 0 Å². The average molecular weight is 314 g/mol. The van der Waals surface area contributed by atoms with Gasteiger partial charge < -0.3 is 5.32 Å². The van der Waals surface area contributed by atoms with Gasteiger partial charge in [-0.2, -0.15) is 0 Å². The Bertz CT molecular complexity index is 768. The van der Waals surface area contributed by atoms with E-state index in [9.17, 15) is 4.79 Å². The Morgan fingerprint density at radius 2 is 2.09 bits per heavy atom. The molecule has 2 atom stereocenters. The molecular weight excluding hydrogens is 292 g/mol. The summed E-state index contributed by atoms with van der Waals surface area (Å²) in [5, 5.41) is 3.72. The number of hydrogen-bond donors (Lipinski definition) is 1. The molecule has 1 heterocycles. The van der Waals surface area contributed by atoms with Crippen LogP contribution in [0.3, 0.4) is 0 Å². The number of para-hydroxylation sites is 1. The van der Waals surface area contributed by atoms with E-state index in [-0.39, 0.29) is 17.2 Å². The van der Waals surface area contributed by atoms with E-state index < -0.39 is 0 Å². The van der Waals surface area contributed by atoms with Crippen LogP contribution < -0.4 is 5.32 Å². The second-order valence-electron chi connectivity index (χ2n) is 7.00. The van der Waals surface area contributed by atoms with Crippen molar-refractivity contribution in [3.8, 4) is 0 Å². The Morgan fingerprint density at radius 3 is 2.73 bits per heavy atom. The van der Waals surface area contributed by atoms with Crippen LogP contribution in [0, 0.1) is 24.2 Å². The minimum atomic E-state index is 0.0357. The van der Waals surface area contributed by atoms with Gasteiger partial charge in [-0.05, 0) is 43.7 Å². The number of nitrogens with one attached hydrogen (secondary N) is 1. The largest absolute Gasteiger partial charge is 0.302 e. The lowest BCUT2D eigenvalue weighted by atomic mass is 10.1. The van der Waals surface area contributed by atoms with Crippen molar-refractivity contribution >= 4 is 32.6 Å². The lowest BCUT2D eigenvalue weighted by molar-refractivity contribution is -0.118. The molecule has 116 valence electrons. The Labute approximate surface area is 135 Å². The number of thiazole rings is 1. The topological polar surface area (TPSA) is 42.0 Å². The average Bonchev–Trinajstić information content (AvgIpc) is 2.78. The highest BCUT2D eigenvalue weighted by molar-refractivity contribution is 7.22. The van der Waals surface area contributed by atoms with Gasteiger partial charge in [0.2, 0.25) is 5.91 Å². The molecule has 1 aliphatic carbocycles. The molecule has 1 aliphatic rings. The van der Waals surface area contributed by atoms with Gasteiger partial charge in [0.15, 0.2) is 5.13 Å². The number of aromatic nitrogens is 1. The summed E-state index contributed by atoms with van der Waals surface area (Å²) in [5.74, 6) is 0.452. The van der Waals surface area contributed by atoms with Crippen LogP contribution in [0.4, 0.5) is 5.13 Å². The number of carbonyl (C=O) groups is 1. The number of fused-ring (bicyclic) bond motifs is 1. The monoisotopic (exact) mass is 314 g/mol. The first-order chi connectivity index (χ1) is 10.3. The summed E-state index contributed by atoms with van der Waals surface area (Å²) in [5.41, 5.74) is 3.43. The van der Waals surface area contributed by atoms with Crippen molar-refractivity contribution in [2.45, 2.75) is 34.6 Å². The van der Waals surface area contributed by atoms with Crippen molar-refractivity contribution in [2.75, 3.05) is 5.32 Å². The maximum atomic E-state index is 12.6. The predicted molar refractivity (Wildman–Crippen MR) is 93.2 cm³/mol. The molecule has 1 N–H and O–H groups in total. The molecule has 0 radical (unpaired) electrons. The fourth-order valence-electron chi connectivity index (χ4n) is 3.17. The summed E-state index contributed by atoms with van der Waals surface area (Å²) in [6.45, 7) is 10.5. The van der Waals surface area contributed by atoms with Crippen LogP contribution in [0.15, 0.2) is 29.8 Å². The molecular formula is C18H22N2OS. The zero-order valence-electron chi connectivity index (χ0n) is 13.7. The predicted octanol–water partition coefficient (Wildman–Crippen LogP) is 4.78. The maximum absolute atomic E-state index is 12.6. The molecule has 1 aromatic carbocycles. The number of nitrogens with zero attached hydrogens (tertiary/aromatic N) is 1. The third-order valence-electron chi connectivity index (χ3n) is 4.56. The smallest absolute Gasteiger partial charge is 0.230 e. The van der Waals surface area contributed by atoms with E-state index in [1.807, 2.05) is 25.1 Å². The van der Waals surface area contributed by atoms with Crippen molar-refractivity contribution in [2.24, 2.45) is 17.3 Å². The number of amides is 1. The van der Waals surface area contributed by atoms with Gasteiger partial charge in [-0.1, -0.05) is 49.0 Å². The van der Waals surface area contributed by atoms with Crippen LogP contribution in [0.2, 0.25) is 0 Å². The molecule has 0 aliphatic heterocycles. The third kappa shape index (κ3) is 2.56. The lowest BCUT2D eigenvalue weighted by Crippen LogP contribution is -2.16. The second-order valence-corrected chi connectivity index (χ2v) is 8.03. The number of allylic oxidation sites excluding steroid dienone is 2. The SMILES string of the molecule is CC(C)=CC1C(C(=O)Nc2nc3c(C)cccc3s2)C1(C)C. The summed E-state index contributed by atoms with van der Waals surface area (Å²) in [7, 11) is 0. The standard InChI is InChI=1S/C18H22N2OS/c1-10(2)9-12-14(18(12,4)5)16(21)20-17-19-15-11(3)7-6-8-13(15)22-17/h6-9,12,14H,1-5H3,(H,19,20,21). The molecule has 1 amide bonds. The van der Waals surface area contributed by atoms with E-state index in [4.69, 9.17) is 0 Å². The highest BCUT2D eigenvalue weighted by atomic mass is 32.1. The highest BCUT2D eigenvalue weighted by Crippen LogP contribution is 2.59. The summed E-state index contributed by atoms with van der Waals surface area (Å²) in [6, 6.07) is 6.11. The van der Waals surface area contributed by atoms with Gasteiger partial charge in [-0.15, -0.1) is 0 Å². The van der Waals surface area contributed by atoms with Gasteiger partial charge in [0.1, 0.15) is 0 Å². The number of anilines is 1. The van der Waals surface area contributed by atoms with Crippen LogP contribution in [-0.2, 0) is 4.79 Å². The van der Waals surface area contributed by atoms with Gasteiger partial charge in [0.25, 0.3) is 0 Å². The highest BCUT2D eigenvalue weighted by Gasteiger charge is 2.60. The molecule has 3 nitrogen and oxygen atoms in total. The minimum Gasteiger partial charge on any atom is -0.302 e. The first kappa shape index (κ1) is 15.2. The molecule has 3 rings (SSSR count). The van der Waals surface area contributed by atoms with Crippen molar-refractivity contribution in [3.05, 3.63) is 35.4 Å². The fraction of sp³-hybridized carbons (Fsp3) is 0.444. The molecule has 22 heavy (non-hydrogen) atoms. The number of rotatable bonds is 3. The molecule has 1 fully saturated rings. The van der Waals surface area contributed by atoms with Gasteiger partial charge in [0, 0.05) is 0 Å². The Balaban J connectivity index is 1.79. The van der Waals surface area contributed by atoms with Gasteiger partial charge in [-0.25, -0.2) is 4.98 Å². The lowest BCUT2D eigenvalue weighted by Gasteiger charge is -2.02. The first-order valence-corrected chi connectivity index (χ1v) is 8.44. The number of hydrogen-bond acceptors (Lipinski definition) is 3. The van der Waals surface area contributed by atoms with Gasteiger partial charge >= 0.3 is 0 Å². The molecule has 0 saturated heterocycles. The first-order valence-electron chi connectivity index (χ1n) is 7.62. The Hall–Kier alpha value is -1.68. The molecule has 4 heteroatoms. The normalized spacial score (nSPS) is 22.4. The van der Waals surface area contributed by atoms with Gasteiger partial charge in [-0.3, -0.25) is 4.79 Å². The summed E-state index contributed by atoms with van der Waals surface area (Å²) >= 11 is 1.54. The molecule has 2 aromatic rings. The Morgan fingerprint density at radius 1 is 1.36 bits per heavy atom. The summed E-state index contributed by atoms with van der Waals surface area (Å²) < 4.78 is 1.12. The minimum absolute atomic E-state index is 0.0357. The fourth-order valence-corrected chi connectivity index (χ4v) is 4.12. The quantitative estimate of drug-likeness (QED) is 0.828. The van der Waals surface area contributed by atoms with Crippen LogP contribution >= 0.6 is 11.3 Å². The van der Waals surface area contributed by atoms with E-state index in [2.05, 4.69) is 44.1 Å². The molecule has 0 bridgehead atoms. The molecule has 2 unspecified atom stereocenters. The summed E-state index contributed by atoms with van der Waals surface area (Å²) in [6.07, 6.45) is 2.22. The van der Waals surface area contributed by atoms with E-state index in [1.54, 1.807) is 11.3 Å². The van der Waals surface area contributed by atoms with E-state index in [0.717, 1.165) is 15.8 Å². The van der Waals surface area contributed by atoms with Crippen molar-refractivity contribution in [1.29, 1.82) is 0 Å². The van der Waals surface area contributed by atoms with Crippen molar-refractivity contribution in [1.82, 2.24) is 4.98 Å². The number of aryl methyl sites for hydroxylation is 1. The zero-order valence-corrected chi connectivity index (χ0v) is 14.5. The van der Waals surface area contributed by atoms with E-state index in [1.165, 1.54) is 5.57 Å². The van der Waals surface area contributed by atoms with Gasteiger partial charge in [0.05, 0.1) is 16.1 Å². The summed E-state index contributed by atoms with van der Waals surface area (Å²) in [4.78, 5) is 17.1. The van der Waals surface area contributed by atoms with Crippen molar-refractivity contribution < 1.29 is 4.79 Å². The van der Waals surface area contributed by atoms with Crippen LogP contribution in [-0.4, -0.2) is 10.9 Å². The zero-order chi connectivity index (χ0) is 16.1. The van der Waals surface area contributed by atoms with E-state index in [0.29, 0.717) is 11.0 Å². The number of carbonyl (C=O) groups excluding carboxylic acids is 1. The van der Waals surface area contributed by atoms with Crippen LogP contribution in [0.1, 0.15) is 33.3 Å². The van der Waals surface area contributed by atoms with Crippen LogP contribution in [0.5, 0.6) is 0 Å². The Kier molecular flexibility index (Phi) is 3.60. The van der Waals surface area contributed by atoms with Crippen molar-refractivity contribution in [3.63, 3.8) is 0 Å². The number of benzene rings is 1. The molecule has 1 saturated carbocycles. The third-order valence-corrected chi connectivity index (χ3v) is 5.49.